The van der Waals surface area contributed by atoms with Crippen molar-refractivity contribution < 1.29 is 0 Å². The van der Waals surface area contributed by atoms with Crippen molar-refractivity contribution in [2.75, 3.05) is 6.54 Å². The van der Waals surface area contributed by atoms with Crippen molar-refractivity contribution in [2.24, 2.45) is 0 Å². The van der Waals surface area contributed by atoms with Gasteiger partial charge in [0, 0.05) is 11.1 Å². The lowest BCUT2D eigenvalue weighted by molar-refractivity contribution is 0.547. The van der Waals surface area contributed by atoms with Crippen molar-refractivity contribution in [2.45, 2.75) is 33.2 Å². The number of benzene rings is 2. The number of rotatable bonds is 5. The summed E-state index contributed by atoms with van der Waals surface area (Å²) in [6.45, 7) is 7.40. The average molecular weight is 288 g/mol. The number of halogens is 1. The topological polar surface area (TPSA) is 12.0 Å². The van der Waals surface area contributed by atoms with Crippen molar-refractivity contribution >= 4 is 11.6 Å². The number of likely N-dealkylation sites (N-methyl/N-ethyl adjacent to an activating group) is 1. The first-order valence-corrected chi connectivity index (χ1v) is 7.53. The summed E-state index contributed by atoms with van der Waals surface area (Å²) in [4.78, 5) is 0. The second-order valence-electron chi connectivity index (χ2n) is 5.27. The standard InChI is InChI=1S/C18H22ClN/c1-4-20-18(12-15-7-5-6-8-17(15)19)16-10-9-13(2)11-14(16)3/h5-11,18,20H,4,12H2,1-3H3. The first-order chi connectivity index (χ1) is 9.61. The molecule has 0 aliphatic heterocycles. The van der Waals surface area contributed by atoms with Gasteiger partial charge in [-0.2, -0.15) is 0 Å². The van der Waals surface area contributed by atoms with Crippen LogP contribution in [0.4, 0.5) is 0 Å². The van der Waals surface area contributed by atoms with E-state index in [1.165, 1.54) is 22.3 Å². The van der Waals surface area contributed by atoms with Gasteiger partial charge in [-0.1, -0.05) is 60.5 Å². The van der Waals surface area contributed by atoms with E-state index in [4.69, 9.17) is 11.6 Å². The summed E-state index contributed by atoms with van der Waals surface area (Å²) in [5.74, 6) is 0. The molecule has 0 bridgehead atoms. The van der Waals surface area contributed by atoms with Crippen LogP contribution in [0.25, 0.3) is 0 Å². The Hall–Kier alpha value is -1.31. The molecule has 20 heavy (non-hydrogen) atoms. The van der Waals surface area contributed by atoms with Crippen LogP contribution in [0.1, 0.15) is 35.2 Å². The van der Waals surface area contributed by atoms with Crippen LogP contribution < -0.4 is 5.32 Å². The highest BCUT2D eigenvalue weighted by molar-refractivity contribution is 6.31. The summed E-state index contributed by atoms with van der Waals surface area (Å²) < 4.78 is 0. The fraction of sp³-hybridized carbons (Fsp3) is 0.333. The van der Waals surface area contributed by atoms with Crippen molar-refractivity contribution in [3.8, 4) is 0 Å². The summed E-state index contributed by atoms with van der Waals surface area (Å²) >= 11 is 6.29. The third-order valence-corrected chi connectivity index (χ3v) is 4.00. The molecule has 1 N–H and O–H groups in total. The number of nitrogens with one attached hydrogen (secondary N) is 1. The molecule has 1 atom stereocenters. The molecule has 0 aromatic heterocycles. The second-order valence-corrected chi connectivity index (χ2v) is 5.67. The van der Waals surface area contributed by atoms with Crippen molar-refractivity contribution in [3.63, 3.8) is 0 Å². The molecule has 0 saturated heterocycles. The Morgan fingerprint density at radius 3 is 2.50 bits per heavy atom. The zero-order valence-electron chi connectivity index (χ0n) is 12.4. The van der Waals surface area contributed by atoms with Crippen LogP contribution in [0, 0.1) is 13.8 Å². The minimum Gasteiger partial charge on any atom is -0.310 e. The zero-order chi connectivity index (χ0) is 14.5. The van der Waals surface area contributed by atoms with Gasteiger partial charge in [-0.25, -0.2) is 0 Å². The van der Waals surface area contributed by atoms with Crippen LogP contribution in [0.3, 0.4) is 0 Å². The molecule has 0 aliphatic carbocycles. The lowest BCUT2D eigenvalue weighted by atomic mass is 9.94. The molecule has 2 heteroatoms. The van der Waals surface area contributed by atoms with Gasteiger partial charge in [0.05, 0.1) is 0 Å². The Labute approximate surface area is 127 Å². The molecule has 0 saturated carbocycles. The predicted molar refractivity (Wildman–Crippen MR) is 87.5 cm³/mol. The molecule has 0 spiro atoms. The molecule has 2 aromatic carbocycles. The van der Waals surface area contributed by atoms with Gasteiger partial charge >= 0.3 is 0 Å². The largest absolute Gasteiger partial charge is 0.310 e. The molecule has 0 heterocycles. The number of hydrogen-bond acceptors (Lipinski definition) is 1. The van der Waals surface area contributed by atoms with Gasteiger partial charge in [-0.15, -0.1) is 0 Å². The number of aryl methyl sites for hydroxylation is 2. The Balaban J connectivity index is 2.29. The van der Waals surface area contributed by atoms with Gasteiger partial charge in [0.2, 0.25) is 0 Å². The molecular weight excluding hydrogens is 266 g/mol. The summed E-state index contributed by atoms with van der Waals surface area (Å²) in [5.41, 5.74) is 5.19. The van der Waals surface area contributed by atoms with Crippen LogP contribution in [0.2, 0.25) is 5.02 Å². The summed E-state index contributed by atoms with van der Waals surface area (Å²) in [5, 5.41) is 4.42. The third kappa shape index (κ3) is 3.62. The predicted octanol–water partition coefficient (Wildman–Crippen LogP) is 4.85. The first kappa shape index (κ1) is 15.1. The van der Waals surface area contributed by atoms with Crippen LogP contribution in [0.5, 0.6) is 0 Å². The van der Waals surface area contributed by atoms with E-state index in [2.05, 4.69) is 50.4 Å². The molecule has 2 rings (SSSR count). The second kappa shape index (κ2) is 6.92. The van der Waals surface area contributed by atoms with Gasteiger partial charge in [-0.05, 0) is 49.6 Å². The van der Waals surface area contributed by atoms with Gasteiger partial charge in [0.15, 0.2) is 0 Å². The normalized spacial score (nSPS) is 12.4. The van der Waals surface area contributed by atoms with Crippen LogP contribution in [-0.4, -0.2) is 6.54 Å². The van der Waals surface area contributed by atoms with E-state index in [0.717, 1.165) is 18.0 Å². The van der Waals surface area contributed by atoms with Crippen LogP contribution >= 0.6 is 11.6 Å². The van der Waals surface area contributed by atoms with Crippen molar-refractivity contribution in [3.05, 3.63) is 69.7 Å². The smallest absolute Gasteiger partial charge is 0.0438 e. The molecular formula is C18H22ClN. The van der Waals surface area contributed by atoms with E-state index in [-0.39, 0.29) is 0 Å². The maximum atomic E-state index is 6.29. The van der Waals surface area contributed by atoms with E-state index in [9.17, 15) is 0 Å². The molecule has 1 unspecified atom stereocenters. The number of hydrogen-bond donors (Lipinski definition) is 1. The van der Waals surface area contributed by atoms with Gasteiger partial charge in [-0.3, -0.25) is 0 Å². The lowest BCUT2D eigenvalue weighted by Gasteiger charge is -2.21. The zero-order valence-corrected chi connectivity index (χ0v) is 13.2. The Morgan fingerprint density at radius 1 is 1.10 bits per heavy atom. The Bertz CT molecular complexity index is 577. The minimum atomic E-state index is 0.306. The summed E-state index contributed by atoms with van der Waals surface area (Å²) in [6, 6.07) is 15.1. The highest BCUT2D eigenvalue weighted by Crippen LogP contribution is 2.26. The summed E-state index contributed by atoms with van der Waals surface area (Å²) in [6.07, 6.45) is 0.914. The van der Waals surface area contributed by atoms with E-state index >= 15 is 0 Å². The van der Waals surface area contributed by atoms with Crippen molar-refractivity contribution in [1.29, 1.82) is 0 Å². The third-order valence-electron chi connectivity index (χ3n) is 3.63. The maximum absolute atomic E-state index is 6.29. The molecule has 2 aromatic rings. The van der Waals surface area contributed by atoms with E-state index in [1.807, 2.05) is 18.2 Å². The highest BCUT2D eigenvalue weighted by Gasteiger charge is 2.14. The molecule has 0 amide bonds. The molecule has 0 radical (unpaired) electrons. The van der Waals surface area contributed by atoms with Crippen LogP contribution in [-0.2, 0) is 6.42 Å². The maximum Gasteiger partial charge on any atom is 0.0438 e. The van der Waals surface area contributed by atoms with E-state index in [1.54, 1.807) is 0 Å². The fourth-order valence-electron chi connectivity index (χ4n) is 2.64. The SMILES string of the molecule is CCNC(Cc1ccccc1Cl)c1ccc(C)cc1C. The van der Waals surface area contributed by atoms with Gasteiger partial charge in [0.25, 0.3) is 0 Å². The fourth-order valence-corrected chi connectivity index (χ4v) is 2.85. The van der Waals surface area contributed by atoms with Crippen molar-refractivity contribution in [1.82, 2.24) is 5.32 Å². The monoisotopic (exact) mass is 287 g/mol. The van der Waals surface area contributed by atoms with E-state index < -0.39 is 0 Å². The van der Waals surface area contributed by atoms with E-state index in [0.29, 0.717) is 6.04 Å². The first-order valence-electron chi connectivity index (χ1n) is 7.15. The van der Waals surface area contributed by atoms with Crippen LogP contribution in [0.15, 0.2) is 42.5 Å². The lowest BCUT2D eigenvalue weighted by Crippen LogP contribution is -2.23. The average Bonchev–Trinajstić information content (AvgIpc) is 2.41. The van der Waals surface area contributed by atoms with Gasteiger partial charge in [0.1, 0.15) is 0 Å². The Kier molecular flexibility index (Phi) is 5.22. The molecule has 0 aliphatic rings. The minimum absolute atomic E-state index is 0.306. The molecule has 1 nitrogen and oxygen atoms in total. The molecule has 106 valence electrons. The molecule has 0 fully saturated rings. The highest BCUT2D eigenvalue weighted by atomic mass is 35.5. The summed E-state index contributed by atoms with van der Waals surface area (Å²) in [7, 11) is 0. The Morgan fingerprint density at radius 2 is 1.85 bits per heavy atom. The quantitative estimate of drug-likeness (QED) is 0.829. The van der Waals surface area contributed by atoms with Gasteiger partial charge < -0.3 is 5.32 Å².